The fourth-order valence-corrected chi connectivity index (χ4v) is 4.34. The fourth-order valence-electron chi connectivity index (χ4n) is 3.36. The van der Waals surface area contributed by atoms with Crippen molar-refractivity contribution >= 4 is 15.9 Å². The molecule has 3 rings (SSSR count). The van der Waals surface area contributed by atoms with Crippen LogP contribution in [-0.2, 0) is 16.6 Å². The maximum atomic E-state index is 12.4. The van der Waals surface area contributed by atoms with E-state index in [2.05, 4.69) is 10.0 Å². The first kappa shape index (κ1) is 19.6. The van der Waals surface area contributed by atoms with E-state index < -0.39 is 15.9 Å². The highest BCUT2D eigenvalue weighted by atomic mass is 32.2. The van der Waals surface area contributed by atoms with Crippen LogP contribution in [0.25, 0.3) is 0 Å². The molecule has 1 fully saturated rings. The molecule has 6 heteroatoms. The predicted octanol–water partition coefficient (Wildman–Crippen LogP) is 3.62. The Morgan fingerprint density at radius 3 is 2.15 bits per heavy atom. The number of amides is 1. The first-order valence-corrected chi connectivity index (χ1v) is 11.0. The zero-order chi connectivity index (χ0) is 19.1. The summed E-state index contributed by atoms with van der Waals surface area (Å²) in [6.45, 7) is 0.724. The lowest BCUT2D eigenvalue weighted by Crippen LogP contribution is -2.30. The molecule has 1 saturated carbocycles. The molecule has 1 aliphatic carbocycles. The molecule has 0 aliphatic heterocycles. The Labute approximate surface area is 161 Å². The van der Waals surface area contributed by atoms with Gasteiger partial charge in [0.25, 0.3) is 15.9 Å². The molecule has 0 unspecified atom stereocenters. The van der Waals surface area contributed by atoms with Gasteiger partial charge in [-0.25, -0.2) is 13.1 Å². The second-order valence-corrected chi connectivity index (χ2v) is 8.70. The average Bonchev–Trinajstić information content (AvgIpc) is 2.96. The van der Waals surface area contributed by atoms with Crippen LogP contribution in [0.2, 0.25) is 0 Å². The van der Waals surface area contributed by atoms with E-state index in [4.69, 9.17) is 0 Å². The van der Waals surface area contributed by atoms with E-state index in [1.807, 2.05) is 0 Å². The molecule has 0 radical (unpaired) electrons. The third-order valence-corrected chi connectivity index (χ3v) is 6.29. The van der Waals surface area contributed by atoms with Crippen molar-refractivity contribution in [1.82, 2.24) is 10.0 Å². The van der Waals surface area contributed by atoms with Crippen molar-refractivity contribution in [3.63, 3.8) is 0 Å². The van der Waals surface area contributed by atoms with Crippen LogP contribution in [0.4, 0.5) is 0 Å². The van der Waals surface area contributed by atoms with E-state index in [0.29, 0.717) is 11.6 Å². The number of hydrogen-bond donors (Lipinski definition) is 2. The van der Waals surface area contributed by atoms with Crippen molar-refractivity contribution in [2.24, 2.45) is 0 Å². The third kappa shape index (κ3) is 5.65. The highest BCUT2D eigenvalue weighted by Gasteiger charge is 2.18. The Kier molecular flexibility index (Phi) is 6.63. The molecule has 1 aliphatic rings. The minimum absolute atomic E-state index is 0.0880. The van der Waals surface area contributed by atoms with Crippen LogP contribution in [0.3, 0.4) is 0 Å². The zero-order valence-corrected chi connectivity index (χ0v) is 16.2. The monoisotopic (exact) mass is 386 g/mol. The van der Waals surface area contributed by atoms with Crippen LogP contribution < -0.4 is 10.0 Å². The van der Waals surface area contributed by atoms with E-state index >= 15 is 0 Å². The van der Waals surface area contributed by atoms with Gasteiger partial charge < -0.3 is 5.32 Å². The van der Waals surface area contributed by atoms with E-state index in [-0.39, 0.29) is 4.90 Å². The van der Waals surface area contributed by atoms with Crippen molar-refractivity contribution in [2.45, 2.75) is 56.0 Å². The van der Waals surface area contributed by atoms with Gasteiger partial charge in [-0.15, -0.1) is 0 Å². The molecule has 0 atom stereocenters. The first-order chi connectivity index (χ1) is 13.0. The van der Waals surface area contributed by atoms with Crippen molar-refractivity contribution in [2.75, 3.05) is 0 Å². The molecule has 5 nitrogen and oxygen atoms in total. The fraction of sp³-hybridized carbons (Fsp3) is 0.381. The molecular formula is C21H26N2O3S. The van der Waals surface area contributed by atoms with Crippen LogP contribution >= 0.6 is 0 Å². The van der Waals surface area contributed by atoms with E-state index in [0.717, 1.165) is 12.1 Å². The second kappa shape index (κ2) is 9.15. The quantitative estimate of drug-likeness (QED) is 0.744. The number of rotatable bonds is 6. The van der Waals surface area contributed by atoms with Crippen LogP contribution in [0, 0.1) is 0 Å². The van der Waals surface area contributed by atoms with Gasteiger partial charge in [0.15, 0.2) is 0 Å². The molecule has 2 aromatic rings. The maximum absolute atomic E-state index is 12.4. The lowest BCUT2D eigenvalue weighted by atomic mass is 10.1. The number of nitrogens with one attached hydrogen (secondary N) is 2. The van der Waals surface area contributed by atoms with Gasteiger partial charge in [-0.05, 0) is 42.7 Å². The summed E-state index contributed by atoms with van der Waals surface area (Å²) >= 11 is 0. The molecule has 0 heterocycles. The number of benzene rings is 2. The van der Waals surface area contributed by atoms with E-state index in [1.165, 1.54) is 38.5 Å². The Morgan fingerprint density at radius 2 is 1.52 bits per heavy atom. The maximum Gasteiger partial charge on any atom is 0.264 e. The summed E-state index contributed by atoms with van der Waals surface area (Å²) in [6.07, 6.45) is 7.60. The molecule has 0 bridgehead atoms. The van der Waals surface area contributed by atoms with Gasteiger partial charge in [0.1, 0.15) is 0 Å². The SMILES string of the molecule is O=C(NS(=O)(=O)c1ccc(CNC2CCCCCC2)cc1)c1ccccc1. The molecule has 2 N–H and O–H groups in total. The summed E-state index contributed by atoms with van der Waals surface area (Å²) in [6, 6.07) is 15.5. The second-order valence-electron chi connectivity index (χ2n) is 7.01. The molecular weight excluding hydrogens is 360 g/mol. The highest BCUT2D eigenvalue weighted by molar-refractivity contribution is 7.90. The van der Waals surface area contributed by atoms with Crippen molar-refractivity contribution in [1.29, 1.82) is 0 Å². The number of carbonyl (C=O) groups is 1. The summed E-state index contributed by atoms with van der Waals surface area (Å²) in [5.74, 6) is -0.630. The standard InChI is InChI=1S/C21H26N2O3S/c24-21(18-8-4-3-5-9-18)23-27(25,26)20-14-12-17(13-15-20)16-22-19-10-6-1-2-7-11-19/h3-5,8-9,12-15,19,22H,1-2,6-7,10-11,16H2,(H,23,24). The van der Waals surface area contributed by atoms with Gasteiger partial charge in [-0.1, -0.05) is 56.0 Å². The van der Waals surface area contributed by atoms with Crippen molar-refractivity contribution < 1.29 is 13.2 Å². The zero-order valence-electron chi connectivity index (χ0n) is 15.4. The smallest absolute Gasteiger partial charge is 0.264 e. The Bertz CT molecular complexity index is 841. The summed E-state index contributed by atoms with van der Waals surface area (Å²) in [4.78, 5) is 12.2. The van der Waals surface area contributed by atoms with Gasteiger partial charge >= 0.3 is 0 Å². The van der Waals surface area contributed by atoms with Gasteiger partial charge in [0.05, 0.1) is 4.90 Å². The Balaban J connectivity index is 1.59. The van der Waals surface area contributed by atoms with Gasteiger partial charge in [0.2, 0.25) is 0 Å². The summed E-state index contributed by atoms with van der Waals surface area (Å²) in [7, 11) is -3.88. The summed E-state index contributed by atoms with van der Waals surface area (Å²) in [5.41, 5.74) is 1.35. The summed E-state index contributed by atoms with van der Waals surface area (Å²) in [5, 5.41) is 3.57. The minimum atomic E-state index is -3.88. The first-order valence-electron chi connectivity index (χ1n) is 9.49. The van der Waals surface area contributed by atoms with Crippen molar-refractivity contribution in [3.05, 3.63) is 65.7 Å². The normalized spacial score (nSPS) is 15.9. The molecule has 0 aromatic heterocycles. The van der Waals surface area contributed by atoms with Crippen molar-refractivity contribution in [3.8, 4) is 0 Å². The number of carbonyl (C=O) groups excluding carboxylic acids is 1. The van der Waals surface area contributed by atoms with Gasteiger partial charge in [0, 0.05) is 18.2 Å². The summed E-state index contributed by atoms with van der Waals surface area (Å²) < 4.78 is 27.0. The molecule has 0 saturated heterocycles. The van der Waals surface area contributed by atoms with Crippen LogP contribution in [0.5, 0.6) is 0 Å². The lowest BCUT2D eigenvalue weighted by molar-refractivity contribution is 0.0981. The molecule has 0 spiro atoms. The molecule has 2 aromatic carbocycles. The van der Waals surface area contributed by atoms with Crippen LogP contribution in [-0.4, -0.2) is 20.4 Å². The minimum Gasteiger partial charge on any atom is -0.310 e. The number of sulfonamides is 1. The van der Waals surface area contributed by atoms with E-state index in [1.54, 1.807) is 54.6 Å². The molecule has 27 heavy (non-hydrogen) atoms. The highest BCUT2D eigenvalue weighted by Crippen LogP contribution is 2.18. The predicted molar refractivity (Wildman–Crippen MR) is 106 cm³/mol. The average molecular weight is 387 g/mol. The largest absolute Gasteiger partial charge is 0.310 e. The lowest BCUT2D eigenvalue weighted by Gasteiger charge is -2.16. The van der Waals surface area contributed by atoms with Crippen LogP contribution in [0.1, 0.15) is 54.4 Å². The van der Waals surface area contributed by atoms with E-state index in [9.17, 15) is 13.2 Å². The Hall–Kier alpha value is -2.18. The molecule has 144 valence electrons. The van der Waals surface area contributed by atoms with Crippen LogP contribution in [0.15, 0.2) is 59.5 Å². The third-order valence-electron chi connectivity index (χ3n) is 4.95. The number of hydrogen-bond acceptors (Lipinski definition) is 4. The topological polar surface area (TPSA) is 75.3 Å². The Morgan fingerprint density at radius 1 is 0.889 bits per heavy atom. The van der Waals surface area contributed by atoms with Gasteiger partial charge in [-0.2, -0.15) is 0 Å². The molecule has 1 amide bonds. The van der Waals surface area contributed by atoms with Gasteiger partial charge in [-0.3, -0.25) is 4.79 Å².